The van der Waals surface area contributed by atoms with Crippen molar-refractivity contribution in [3.8, 4) is 0 Å². The van der Waals surface area contributed by atoms with Gasteiger partial charge in [-0.15, -0.1) is 0 Å². The Kier molecular flexibility index (Phi) is 4.61. The zero-order valence-corrected chi connectivity index (χ0v) is 13.8. The van der Waals surface area contributed by atoms with Crippen LogP contribution in [0.1, 0.15) is 30.5 Å². The summed E-state index contributed by atoms with van der Waals surface area (Å²) in [6, 6.07) is 6.54. The summed E-state index contributed by atoms with van der Waals surface area (Å²) in [5, 5.41) is 1.81. The third-order valence-electron chi connectivity index (χ3n) is 4.10. The second kappa shape index (κ2) is 6.66. The zero-order chi connectivity index (χ0) is 16.4. The lowest BCUT2D eigenvalue weighted by molar-refractivity contribution is -0.132. The van der Waals surface area contributed by atoms with Crippen LogP contribution in [0.5, 0.6) is 0 Å². The number of rotatable bonds is 6. The molecule has 1 saturated carbocycles. The average Bonchev–Trinajstić information content (AvgIpc) is 3.32. The summed E-state index contributed by atoms with van der Waals surface area (Å²) in [5.41, 5.74) is 1.82. The van der Waals surface area contributed by atoms with Gasteiger partial charge >= 0.3 is 4.87 Å². The molecule has 6 heteroatoms. The van der Waals surface area contributed by atoms with Gasteiger partial charge in [-0.05, 0) is 37.5 Å². The van der Waals surface area contributed by atoms with E-state index < -0.39 is 0 Å². The average molecular weight is 334 g/mol. The fourth-order valence-electron chi connectivity index (χ4n) is 2.62. The number of nitrogens with zero attached hydrogens (tertiary/aromatic N) is 2. The lowest BCUT2D eigenvalue weighted by Gasteiger charge is -2.23. The molecule has 0 radical (unpaired) electrons. The molecule has 1 fully saturated rings. The topological polar surface area (TPSA) is 42.3 Å². The molecule has 1 aromatic heterocycles. The largest absolute Gasteiger partial charge is 0.335 e. The summed E-state index contributed by atoms with van der Waals surface area (Å²) in [7, 11) is 0. The molecule has 0 aliphatic heterocycles. The number of hydrogen-bond donors (Lipinski definition) is 0. The first-order chi connectivity index (χ1) is 11.0. The van der Waals surface area contributed by atoms with E-state index >= 15 is 0 Å². The smallest absolute Gasteiger partial charge is 0.307 e. The Morgan fingerprint density at radius 3 is 2.61 bits per heavy atom. The van der Waals surface area contributed by atoms with E-state index in [1.807, 2.05) is 17.2 Å². The van der Waals surface area contributed by atoms with E-state index in [0.717, 1.165) is 35.4 Å². The minimum Gasteiger partial charge on any atom is -0.335 e. The number of carbonyl (C=O) groups excluding carboxylic acids is 1. The standard InChI is InChI=1S/C17H19FN2O2S/c1-12-11-23-17(22)19(12)9-8-16(21)20(15-6-7-15)10-13-2-4-14(18)5-3-13/h2-5,11,15H,6-10H2,1H3. The molecule has 23 heavy (non-hydrogen) atoms. The van der Waals surface area contributed by atoms with E-state index in [1.54, 1.807) is 16.7 Å². The Balaban J connectivity index is 1.65. The van der Waals surface area contributed by atoms with E-state index in [2.05, 4.69) is 0 Å². The van der Waals surface area contributed by atoms with Crippen LogP contribution in [0.3, 0.4) is 0 Å². The lowest BCUT2D eigenvalue weighted by Crippen LogP contribution is -2.33. The van der Waals surface area contributed by atoms with Gasteiger partial charge in [-0.3, -0.25) is 9.59 Å². The molecule has 1 aliphatic carbocycles. The van der Waals surface area contributed by atoms with E-state index in [4.69, 9.17) is 0 Å². The Morgan fingerprint density at radius 2 is 2.04 bits per heavy atom. The minimum atomic E-state index is -0.273. The fraction of sp³-hybridized carbons (Fsp3) is 0.412. The van der Waals surface area contributed by atoms with Crippen LogP contribution in [0.4, 0.5) is 4.39 Å². The first kappa shape index (κ1) is 15.9. The summed E-state index contributed by atoms with van der Waals surface area (Å²) in [4.78, 5) is 26.1. The fourth-order valence-corrected chi connectivity index (χ4v) is 3.38. The molecule has 2 aromatic rings. The maximum absolute atomic E-state index is 13.0. The molecule has 0 spiro atoms. The third-order valence-corrected chi connectivity index (χ3v) is 4.98. The summed E-state index contributed by atoms with van der Waals surface area (Å²) in [5.74, 6) is -0.223. The van der Waals surface area contributed by atoms with Crippen LogP contribution in [0.25, 0.3) is 0 Å². The van der Waals surface area contributed by atoms with Gasteiger partial charge in [-0.25, -0.2) is 4.39 Å². The number of aromatic nitrogens is 1. The minimum absolute atomic E-state index is 0.0215. The van der Waals surface area contributed by atoms with Crippen molar-refractivity contribution < 1.29 is 9.18 Å². The van der Waals surface area contributed by atoms with Crippen molar-refractivity contribution in [3.05, 3.63) is 56.4 Å². The van der Waals surface area contributed by atoms with Gasteiger partial charge in [0.1, 0.15) is 5.82 Å². The van der Waals surface area contributed by atoms with Crippen LogP contribution < -0.4 is 4.87 Å². The second-order valence-corrected chi connectivity index (χ2v) is 6.74. The van der Waals surface area contributed by atoms with Crippen molar-refractivity contribution >= 4 is 17.2 Å². The molecule has 0 N–H and O–H groups in total. The van der Waals surface area contributed by atoms with Crippen LogP contribution >= 0.6 is 11.3 Å². The van der Waals surface area contributed by atoms with Crippen molar-refractivity contribution in [1.82, 2.24) is 9.47 Å². The van der Waals surface area contributed by atoms with Gasteiger partial charge in [-0.2, -0.15) is 0 Å². The van der Waals surface area contributed by atoms with E-state index in [-0.39, 0.29) is 22.6 Å². The Labute approximate surface area is 138 Å². The number of amides is 1. The number of thiazole rings is 1. The first-order valence-electron chi connectivity index (χ1n) is 7.73. The normalized spacial score (nSPS) is 14.0. The van der Waals surface area contributed by atoms with E-state index in [9.17, 15) is 14.0 Å². The van der Waals surface area contributed by atoms with Crippen LogP contribution in [0, 0.1) is 12.7 Å². The maximum Gasteiger partial charge on any atom is 0.307 e. The predicted octanol–water partition coefficient (Wildman–Crippen LogP) is 2.94. The molecule has 1 aromatic carbocycles. The molecule has 0 unspecified atom stereocenters. The van der Waals surface area contributed by atoms with Crippen molar-refractivity contribution in [2.75, 3.05) is 0 Å². The lowest BCUT2D eigenvalue weighted by atomic mass is 10.2. The van der Waals surface area contributed by atoms with E-state index in [0.29, 0.717) is 19.5 Å². The second-order valence-electron chi connectivity index (χ2n) is 5.92. The molecular formula is C17H19FN2O2S. The van der Waals surface area contributed by atoms with Crippen molar-refractivity contribution in [3.63, 3.8) is 0 Å². The van der Waals surface area contributed by atoms with E-state index in [1.165, 1.54) is 12.1 Å². The molecule has 4 nitrogen and oxygen atoms in total. The van der Waals surface area contributed by atoms with Crippen LogP contribution in [-0.4, -0.2) is 21.4 Å². The molecular weight excluding hydrogens is 315 g/mol. The molecule has 1 heterocycles. The van der Waals surface area contributed by atoms with Crippen molar-refractivity contribution in [2.24, 2.45) is 0 Å². The Morgan fingerprint density at radius 1 is 1.35 bits per heavy atom. The highest BCUT2D eigenvalue weighted by Gasteiger charge is 2.32. The Bertz CT molecular complexity index is 747. The molecule has 0 saturated heterocycles. The van der Waals surface area contributed by atoms with Gasteiger partial charge < -0.3 is 9.47 Å². The van der Waals surface area contributed by atoms with Gasteiger partial charge in [0.05, 0.1) is 0 Å². The Hall–Kier alpha value is -1.95. The van der Waals surface area contributed by atoms with Gasteiger partial charge in [0, 0.05) is 36.6 Å². The summed E-state index contributed by atoms with van der Waals surface area (Å²) in [6.07, 6.45) is 2.35. The highest BCUT2D eigenvalue weighted by molar-refractivity contribution is 7.07. The van der Waals surface area contributed by atoms with Crippen LogP contribution in [0.15, 0.2) is 34.4 Å². The quantitative estimate of drug-likeness (QED) is 0.815. The van der Waals surface area contributed by atoms with Crippen LogP contribution in [0.2, 0.25) is 0 Å². The summed E-state index contributed by atoms with van der Waals surface area (Å²) in [6.45, 7) is 2.79. The first-order valence-corrected chi connectivity index (χ1v) is 8.61. The number of hydrogen-bond acceptors (Lipinski definition) is 3. The van der Waals surface area contributed by atoms with Gasteiger partial charge in [0.2, 0.25) is 5.91 Å². The van der Waals surface area contributed by atoms with Gasteiger partial charge in [0.25, 0.3) is 0 Å². The van der Waals surface area contributed by atoms with Gasteiger partial charge in [-0.1, -0.05) is 23.5 Å². The van der Waals surface area contributed by atoms with Gasteiger partial charge in [0.15, 0.2) is 0 Å². The third kappa shape index (κ3) is 3.88. The van der Waals surface area contributed by atoms with Crippen molar-refractivity contribution in [1.29, 1.82) is 0 Å². The number of halogens is 1. The highest BCUT2D eigenvalue weighted by atomic mass is 32.1. The predicted molar refractivity (Wildman–Crippen MR) is 87.9 cm³/mol. The molecule has 1 aliphatic rings. The maximum atomic E-state index is 13.0. The summed E-state index contributed by atoms with van der Waals surface area (Å²) >= 11 is 1.16. The SMILES string of the molecule is Cc1csc(=O)n1CCC(=O)N(Cc1ccc(F)cc1)C1CC1. The summed E-state index contributed by atoms with van der Waals surface area (Å²) < 4.78 is 14.6. The molecule has 1 amide bonds. The monoisotopic (exact) mass is 334 g/mol. The molecule has 0 bridgehead atoms. The molecule has 3 rings (SSSR count). The number of aryl methyl sites for hydroxylation is 1. The van der Waals surface area contributed by atoms with Crippen LogP contribution in [-0.2, 0) is 17.9 Å². The number of benzene rings is 1. The zero-order valence-electron chi connectivity index (χ0n) is 13.0. The van der Waals surface area contributed by atoms with Crippen molar-refractivity contribution in [2.45, 2.75) is 45.3 Å². The number of carbonyl (C=O) groups is 1. The molecule has 122 valence electrons. The molecule has 0 atom stereocenters. The highest BCUT2D eigenvalue weighted by Crippen LogP contribution is 2.29.